The molecule has 0 bridgehead atoms. The van der Waals surface area contributed by atoms with Gasteiger partial charge < -0.3 is 14.4 Å². The molecule has 0 radical (unpaired) electrons. The number of pyridine rings is 1. The van der Waals surface area contributed by atoms with Gasteiger partial charge in [0.2, 0.25) is 5.88 Å². The molecule has 0 spiro atoms. The van der Waals surface area contributed by atoms with Crippen LogP contribution < -0.4 is 4.74 Å². The Morgan fingerprint density at radius 1 is 1.20 bits per heavy atom. The van der Waals surface area contributed by atoms with Crippen LogP contribution in [-0.2, 0) is 4.74 Å². The zero-order chi connectivity index (χ0) is 17.8. The summed E-state index contributed by atoms with van der Waals surface area (Å²) in [6, 6.07) is 10.3. The lowest BCUT2D eigenvalue weighted by Crippen LogP contribution is -2.32. The number of nitrogens with zero attached hydrogens (tertiary/aromatic N) is 2. The van der Waals surface area contributed by atoms with E-state index in [4.69, 9.17) is 9.47 Å². The maximum atomic E-state index is 12.8. The van der Waals surface area contributed by atoms with Gasteiger partial charge in [-0.2, -0.15) is 0 Å². The van der Waals surface area contributed by atoms with Crippen LogP contribution in [0.25, 0.3) is 0 Å². The Morgan fingerprint density at radius 3 is 2.64 bits per heavy atom. The van der Waals surface area contributed by atoms with Crippen LogP contribution in [0, 0.1) is 0 Å². The maximum absolute atomic E-state index is 12.8. The van der Waals surface area contributed by atoms with Crippen molar-refractivity contribution < 1.29 is 19.1 Å². The lowest BCUT2D eigenvalue weighted by Gasteiger charge is -2.18. The first-order valence-electron chi connectivity index (χ1n) is 7.83. The molecule has 3 rings (SSSR count). The van der Waals surface area contributed by atoms with Gasteiger partial charge in [0.1, 0.15) is 6.10 Å². The van der Waals surface area contributed by atoms with Crippen LogP contribution in [0.5, 0.6) is 5.88 Å². The molecule has 0 aliphatic carbocycles. The van der Waals surface area contributed by atoms with Crippen LogP contribution in [0.1, 0.15) is 27.1 Å². The number of carbonyl (C=O) groups is 2. The molecule has 1 aliphatic heterocycles. The zero-order valence-electron chi connectivity index (χ0n) is 13.6. The molecule has 6 nitrogen and oxygen atoms in total. The number of amides is 1. The minimum absolute atomic E-state index is 0.122. The number of benzene rings is 1. The summed E-state index contributed by atoms with van der Waals surface area (Å²) in [5.41, 5.74) is 0.616. The van der Waals surface area contributed by atoms with Gasteiger partial charge in [-0.25, -0.2) is 9.78 Å². The third kappa shape index (κ3) is 3.99. The summed E-state index contributed by atoms with van der Waals surface area (Å²) < 4.78 is 11.5. The SMILES string of the molecule is COC(=O)c1ccccc1C(=O)N1CC[C@H](Oc2ccc(Br)cn2)C1. The second-order valence-corrected chi connectivity index (χ2v) is 6.55. The zero-order valence-corrected chi connectivity index (χ0v) is 15.2. The molecule has 25 heavy (non-hydrogen) atoms. The van der Waals surface area contributed by atoms with Gasteiger partial charge in [-0.05, 0) is 34.1 Å². The smallest absolute Gasteiger partial charge is 0.338 e. The second-order valence-electron chi connectivity index (χ2n) is 5.63. The van der Waals surface area contributed by atoms with Gasteiger partial charge in [-0.3, -0.25) is 4.79 Å². The predicted molar refractivity (Wildman–Crippen MR) is 94.7 cm³/mol. The van der Waals surface area contributed by atoms with Crippen molar-refractivity contribution in [1.82, 2.24) is 9.88 Å². The summed E-state index contributed by atoms with van der Waals surface area (Å²) >= 11 is 3.33. The van der Waals surface area contributed by atoms with E-state index in [0.29, 0.717) is 31.0 Å². The maximum Gasteiger partial charge on any atom is 0.338 e. The fourth-order valence-corrected chi connectivity index (χ4v) is 2.97. The standard InChI is InChI=1S/C18H17BrN2O4/c1-24-18(23)15-5-3-2-4-14(15)17(22)21-9-8-13(11-21)25-16-7-6-12(19)10-20-16/h2-7,10,13H,8-9,11H2,1H3/t13-/m0/s1. The Bertz CT molecular complexity index is 779. The van der Waals surface area contributed by atoms with E-state index in [1.165, 1.54) is 7.11 Å². The molecule has 0 N–H and O–H groups in total. The van der Waals surface area contributed by atoms with E-state index in [1.807, 2.05) is 6.07 Å². The number of methoxy groups -OCH3 is 1. The van der Waals surface area contributed by atoms with Crippen LogP contribution in [0.2, 0.25) is 0 Å². The molecule has 1 atom stereocenters. The van der Waals surface area contributed by atoms with E-state index >= 15 is 0 Å². The highest BCUT2D eigenvalue weighted by atomic mass is 79.9. The van der Waals surface area contributed by atoms with E-state index in [-0.39, 0.29) is 17.6 Å². The molecule has 2 aromatic rings. The van der Waals surface area contributed by atoms with Gasteiger partial charge >= 0.3 is 5.97 Å². The van der Waals surface area contributed by atoms with Crippen molar-refractivity contribution in [3.63, 3.8) is 0 Å². The number of halogens is 1. The number of rotatable bonds is 4. The summed E-state index contributed by atoms with van der Waals surface area (Å²) in [5.74, 6) is -0.191. The van der Waals surface area contributed by atoms with E-state index in [0.717, 1.165) is 4.47 Å². The first-order chi connectivity index (χ1) is 12.1. The lowest BCUT2D eigenvalue weighted by atomic mass is 10.1. The van der Waals surface area contributed by atoms with Gasteiger partial charge in [-0.1, -0.05) is 12.1 Å². The number of likely N-dealkylation sites (tertiary alicyclic amines) is 1. The number of aromatic nitrogens is 1. The third-order valence-corrected chi connectivity index (χ3v) is 4.45. The predicted octanol–water partition coefficient (Wildman–Crippen LogP) is 2.92. The number of esters is 1. The van der Waals surface area contributed by atoms with E-state index in [2.05, 4.69) is 20.9 Å². The summed E-state index contributed by atoms with van der Waals surface area (Å²) in [4.78, 5) is 30.5. The van der Waals surface area contributed by atoms with Crippen LogP contribution in [0.3, 0.4) is 0 Å². The highest BCUT2D eigenvalue weighted by Gasteiger charge is 2.30. The van der Waals surface area contributed by atoms with Crippen molar-refractivity contribution >= 4 is 27.8 Å². The molecule has 130 valence electrons. The largest absolute Gasteiger partial charge is 0.472 e. The first-order valence-corrected chi connectivity index (χ1v) is 8.62. The molecular weight excluding hydrogens is 388 g/mol. The summed E-state index contributed by atoms with van der Waals surface area (Å²) in [6.07, 6.45) is 2.26. The van der Waals surface area contributed by atoms with Crippen LogP contribution in [0.4, 0.5) is 0 Å². The molecule has 1 aromatic heterocycles. The number of hydrogen-bond donors (Lipinski definition) is 0. The van der Waals surface area contributed by atoms with Crippen molar-refractivity contribution in [2.75, 3.05) is 20.2 Å². The van der Waals surface area contributed by atoms with Crippen molar-refractivity contribution in [2.45, 2.75) is 12.5 Å². The van der Waals surface area contributed by atoms with E-state index in [1.54, 1.807) is 41.4 Å². The van der Waals surface area contributed by atoms with Crippen molar-refractivity contribution in [2.24, 2.45) is 0 Å². The van der Waals surface area contributed by atoms with Gasteiger partial charge in [0.15, 0.2) is 0 Å². The van der Waals surface area contributed by atoms with Gasteiger partial charge in [0, 0.05) is 29.7 Å². The summed E-state index contributed by atoms with van der Waals surface area (Å²) in [5, 5.41) is 0. The van der Waals surface area contributed by atoms with Gasteiger partial charge in [0.25, 0.3) is 5.91 Å². The molecule has 0 saturated carbocycles. The third-order valence-electron chi connectivity index (χ3n) is 3.98. The highest BCUT2D eigenvalue weighted by Crippen LogP contribution is 2.21. The Morgan fingerprint density at radius 2 is 1.96 bits per heavy atom. The molecule has 1 aromatic carbocycles. The highest BCUT2D eigenvalue weighted by molar-refractivity contribution is 9.10. The van der Waals surface area contributed by atoms with Gasteiger partial charge in [-0.15, -0.1) is 0 Å². The monoisotopic (exact) mass is 404 g/mol. The fourth-order valence-electron chi connectivity index (χ4n) is 2.74. The van der Waals surface area contributed by atoms with Crippen LogP contribution in [-0.4, -0.2) is 48.1 Å². The quantitative estimate of drug-likeness (QED) is 0.732. The van der Waals surface area contributed by atoms with Crippen molar-refractivity contribution in [3.8, 4) is 5.88 Å². The number of hydrogen-bond acceptors (Lipinski definition) is 5. The van der Waals surface area contributed by atoms with Crippen LogP contribution in [0.15, 0.2) is 47.1 Å². The van der Waals surface area contributed by atoms with Crippen LogP contribution >= 0.6 is 15.9 Å². The topological polar surface area (TPSA) is 68.7 Å². The summed E-state index contributed by atoms with van der Waals surface area (Å²) in [6.45, 7) is 1.02. The van der Waals surface area contributed by atoms with Gasteiger partial charge in [0.05, 0.1) is 24.8 Å². The first kappa shape index (κ1) is 17.4. The summed E-state index contributed by atoms with van der Waals surface area (Å²) in [7, 11) is 1.30. The Kier molecular flexibility index (Phi) is 5.33. The second kappa shape index (κ2) is 7.65. The van der Waals surface area contributed by atoms with E-state index in [9.17, 15) is 9.59 Å². The fraction of sp³-hybridized carbons (Fsp3) is 0.278. The minimum atomic E-state index is -0.519. The number of carbonyl (C=O) groups excluding carboxylic acids is 2. The van der Waals surface area contributed by atoms with Crippen molar-refractivity contribution in [3.05, 3.63) is 58.2 Å². The average Bonchev–Trinajstić information content (AvgIpc) is 3.11. The molecule has 0 unspecified atom stereocenters. The average molecular weight is 405 g/mol. The Balaban J connectivity index is 1.69. The molecule has 7 heteroatoms. The minimum Gasteiger partial charge on any atom is -0.472 e. The van der Waals surface area contributed by atoms with Crippen molar-refractivity contribution in [1.29, 1.82) is 0 Å². The molecular formula is C18H17BrN2O4. The molecule has 1 saturated heterocycles. The normalized spacial score (nSPS) is 16.6. The molecule has 2 heterocycles. The lowest BCUT2D eigenvalue weighted by molar-refractivity contribution is 0.0591. The molecule has 1 aliphatic rings. The van der Waals surface area contributed by atoms with E-state index < -0.39 is 5.97 Å². The molecule has 1 fully saturated rings. The molecule has 1 amide bonds. The Hall–Kier alpha value is -2.41. The Labute approximate surface area is 153 Å². The number of ether oxygens (including phenoxy) is 2.